The molecule has 0 aromatic heterocycles. The molecule has 0 bridgehead atoms. The first kappa shape index (κ1) is 19.9. The van der Waals surface area contributed by atoms with Gasteiger partial charge in [-0.1, -0.05) is 0 Å². The molecule has 0 aromatic carbocycles. The van der Waals surface area contributed by atoms with Gasteiger partial charge in [-0.25, -0.2) is 0 Å². The van der Waals surface area contributed by atoms with E-state index in [1.807, 2.05) is 0 Å². The van der Waals surface area contributed by atoms with Gasteiger partial charge in [0.1, 0.15) is 48.8 Å². The zero-order valence-corrected chi connectivity index (χ0v) is 13.0. The second kappa shape index (κ2) is 8.29. The Morgan fingerprint density at radius 3 is 1.79 bits per heavy atom. The van der Waals surface area contributed by atoms with Gasteiger partial charge in [0.15, 0.2) is 12.6 Å². The summed E-state index contributed by atoms with van der Waals surface area (Å²) < 4.78 is 20.6. The quantitative estimate of drug-likeness (QED) is 0.251. The van der Waals surface area contributed by atoms with Gasteiger partial charge in [-0.15, -0.1) is 0 Å². The zero-order chi connectivity index (χ0) is 18.0. The van der Waals surface area contributed by atoms with Crippen LogP contribution in [0.15, 0.2) is 0 Å². The third kappa shape index (κ3) is 3.71. The van der Waals surface area contributed by atoms with E-state index < -0.39 is 74.6 Å². The highest BCUT2D eigenvalue weighted by Crippen LogP contribution is 2.29. The molecule has 0 amide bonds. The summed E-state index contributed by atoms with van der Waals surface area (Å²) in [7, 11) is 1.24. The molecule has 0 saturated carbocycles. The van der Waals surface area contributed by atoms with E-state index in [2.05, 4.69) is 0 Å². The van der Waals surface area contributed by atoms with Crippen LogP contribution in [0.2, 0.25) is 0 Å². The molecule has 2 rings (SSSR count). The molecule has 0 spiro atoms. The van der Waals surface area contributed by atoms with Gasteiger partial charge in [0.2, 0.25) is 0 Å². The molecule has 0 aromatic rings. The summed E-state index contributed by atoms with van der Waals surface area (Å²) in [5.41, 5.74) is 0. The SMILES string of the molecule is CO[C@H]1O[C@H](CO)[C@H](O)[C@H](O[C@@H]2O[C@H](CO)[C@@H](O)[C@H](O)[C@H]2O)[C@H]1O. The van der Waals surface area contributed by atoms with Crippen LogP contribution >= 0.6 is 0 Å². The lowest BCUT2D eigenvalue weighted by molar-refractivity contribution is -0.358. The first-order valence-electron chi connectivity index (χ1n) is 7.46. The fourth-order valence-electron chi connectivity index (χ4n) is 2.74. The van der Waals surface area contributed by atoms with Crippen LogP contribution in [0, 0.1) is 0 Å². The van der Waals surface area contributed by atoms with Gasteiger partial charge in [-0.3, -0.25) is 0 Å². The highest BCUT2D eigenvalue weighted by atomic mass is 16.7. The molecular weight excluding hydrogens is 332 g/mol. The Balaban J connectivity index is 2.14. The third-order valence-electron chi connectivity index (χ3n) is 4.19. The van der Waals surface area contributed by atoms with Crippen LogP contribution in [-0.4, -0.2) is 117 Å². The molecule has 0 unspecified atom stereocenters. The summed E-state index contributed by atoms with van der Waals surface area (Å²) in [6.07, 6.45) is -14.4. The first-order chi connectivity index (χ1) is 11.3. The van der Waals surface area contributed by atoms with Crippen LogP contribution in [0.5, 0.6) is 0 Å². The molecule has 7 N–H and O–H groups in total. The molecule has 2 fully saturated rings. The maximum atomic E-state index is 10.2. The van der Waals surface area contributed by atoms with Crippen LogP contribution in [0.1, 0.15) is 0 Å². The van der Waals surface area contributed by atoms with E-state index in [1.54, 1.807) is 0 Å². The molecule has 2 aliphatic heterocycles. The summed E-state index contributed by atoms with van der Waals surface area (Å²) in [4.78, 5) is 0. The van der Waals surface area contributed by atoms with Crippen molar-refractivity contribution in [2.45, 2.75) is 61.4 Å². The van der Waals surface area contributed by atoms with Crippen molar-refractivity contribution in [1.29, 1.82) is 0 Å². The summed E-state index contributed by atoms with van der Waals surface area (Å²) in [5.74, 6) is 0. The van der Waals surface area contributed by atoms with Crippen LogP contribution in [0.4, 0.5) is 0 Å². The first-order valence-corrected chi connectivity index (χ1v) is 7.46. The van der Waals surface area contributed by atoms with Crippen LogP contribution < -0.4 is 0 Å². The van der Waals surface area contributed by atoms with Crippen LogP contribution in [0.25, 0.3) is 0 Å². The van der Waals surface area contributed by atoms with Gasteiger partial charge in [-0.05, 0) is 0 Å². The maximum absolute atomic E-state index is 10.2. The van der Waals surface area contributed by atoms with Crippen molar-refractivity contribution in [3.8, 4) is 0 Å². The average Bonchev–Trinajstić information content (AvgIpc) is 2.58. The van der Waals surface area contributed by atoms with Crippen molar-refractivity contribution >= 4 is 0 Å². The molecule has 11 heteroatoms. The lowest BCUT2D eigenvalue weighted by Crippen LogP contribution is -2.64. The van der Waals surface area contributed by atoms with Gasteiger partial charge in [0, 0.05) is 7.11 Å². The summed E-state index contributed by atoms with van der Waals surface area (Å²) >= 11 is 0. The van der Waals surface area contributed by atoms with E-state index in [9.17, 15) is 30.6 Å². The normalized spacial score (nSPS) is 50.0. The molecule has 11 nitrogen and oxygen atoms in total. The molecule has 10 atom stereocenters. The Morgan fingerprint density at radius 1 is 0.708 bits per heavy atom. The highest BCUT2D eigenvalue weighted by molar-refractivity contribution is 4.93. The largest absolute Gasteiger partial charge is 0.394 e. The number of aliphatic hydroxyl groups excluding tert-OH is 7. The summed E-state index contributed by atoms with van der Waals surface area (Å²) in [6.45, 7) is -1.23. The third-order valence-corrected chi connectivity index (χ3v) is 4.19. The van der Waals surface area contributed by atoms with Crippen molar-refractivity contribution in [3.05, 3.63) is 0 Å². The molecule has 2 aliphatic rings. The Morgan fingerprint density at radius 2 is 1.25 bits per heavy atom. The van der Waals surface area contributed by atoms with E-state index in [0.717, 1.165) is 0 Å². The smallest absolute Gasteiger partial charge is 0.187 e. The predicted octanol–water partition coefficient (Wildman–Crippen LogP) is -4.74. The fourth-order valence-corrected chi connectivity index (χ4v) is 2.74. The Bertz CT molecular complexity index is 378. The van der Waals surface area contributed by atoms with E-state index in [4.69, 9.17) is 24.1 Å². The van der Waals surface area contributed by atoms with Crippen LogP contribution in [0.3, 0.4) is 0 Å². The molecule has 2 saturated heterocycles. The number of rotatable bonds is 5. The zero-order valence-electron chi connectivity index (χ0n) is 13.0. The molecule has 0 aliphatic carbocycles. The standard InChI is InChI=1S/C13H24O11/c1-21-12-10(20)11(7(17)5(3-15)22-12)24-13-9(19)8(18)6(16)4(2-14)23-13/h4-20H,2-3H2,1H3/t4-,5-,6-,7+,8+,9-,10-,11+,12+,13+/m1/s1. The Kier molecular flexibility index (Phi) is 6.87. The van der Waals surface area contributed by atoms with Gasteiger partial charge in [-0.2, -0.15) is 0 Å². The molecule has 142 valence electrons. The number of ether oxygens (including phenoxy) is 4. The number of aliphatic hydroxyl groups is 7. The van der Waals surface area contributed by atoms with E-state index in [1.165, 1.54) is 7.11 Å². The predicted molar refractivity (Wildman–Crippen MR) is 73.4 cm³/mol. The molecular formula is C13H24O11. The van der Waals surface area contributed by atoms with Gasteiger partial charge in [0.25, 0.3) is 0 Å². The Labute approximate surface area is 137 Å². The molecule has 0 radical (unpaired) electrons. The Hall–Kier alpha value is -0.440. The maximum Gasteiger partial charge on any atom is 0.187 e. The van der Waals surface area contributed by atoms with Gasteiger partial charge < -0.3 is 54.7 Å². The van der Waals surface area contributed by atoms with Crippen molar-refractivity contribution in [2.24, 2.45) is 0 Å². The van der Waals surface area contributed by atoms with Gasteiger partial charge in [0.05, 0.1) is 13.2 Å². The van der Waals surface area contributed by atoms with E-state index >= 15 is 0 Å². The van der Waals surface area contributed by atoms with Crippen molar-refractivity contribution in [2.75, 3.05) is 20.3 Å². The van der Waals surface area contributed by atoms with Gasteiger partial charge >= 0.3 is 0 Å². The fraction of sp³-hybridized carbons (Fsp3) is 1.00. The summed E-state index contributed by atoms with van der Waals surface area (Å²) in [5, 5.41) is 68.1. The monoisotopic (exact) mass is 356 g/mol. The second-order valence-corrected chi connectivity index (χ2v) is 5.74. The topological polar surface area (TPSA) is 179 Å². The molecule has 24 heavy (non-hydrogen) atoms. The minimum atomic E-state index is -1.70. The van der Waals surface area contributed by atoms with E-state index in [0.29, 0.717) is 0 Å². The molecule has 2 heterocycles. The highest BCUT2D eigenvalue weighted by Gasteiger charge is 2.50. The minimum Gasteiger partial charge on any atom is -0.394 e. The van der Waals surface area contributed by atoms with Crippen LogP contribution in [-0.2, 0) is 18.9 Å². The van der Waals surface area contributed by atoms with Crippen molar-refractivity contribution in [1.82, 2.24) is 0 Å². The summed E-state index contributed by atoms with van der Waals surface area (Å²) in [6, 6.07) is 0. The lowest BCUT2D eigenvalue weighted by atomic mass is 9.97. The number of hydrogen-bond acceptors (Lipinski definition) is 11. The average molecular weight is 356 g/mol. The lowest BCUT2D eigenvalue weighted by Gasteiger charge is -2.45. The van der Waals surface area contributed by atoms with Crippen molar-refractivity contribution < 1.29 is 54.7 Å². The van der Waals surface area contributed by atoms with E-state index in [-0.39, 0.29) is 0 Å². The van der Waals surface area contributed by atoms with Crippen molar-refractivity contribution in [3.63, 3.8) is 0 Å². The minimum absolute atomic E-state index is 0.581. The second-order valence-electron chi connectivity index (χ2n) is 5.74. The number of methoxy groups -OCH3 is 1. The number of hydrogen-bond donors (Lipinski definition) is 7.